The van der Waals surface area contributed by atoms with Crippen molar-refractivity contribution in [2.75, 3.05) is 0 Å². The van der Waals surface area contributed by atoms with Crippen molar-refractivity contribution in [2.24, 2.45) is 0 Å². The van der Waals surface area contributed by atoms with E-state index in [1.807, 2.05) is 6.92 Å². The van der Waals surface area contributed by atoms with Gasteiger partial charge in [-0.15, -0.1) is 0 Å². The molecule has 0 saturated carbocycles. The molecular weight excluding hydrogens is 224 g/mol. The van der Waals surface area contributed by atoms with E-state index in [1.54, 1.807) is 18.2 Å². The molecule has 7 nitrogen and oxygen atoms in total. The van der Waals surface area contributed by atoms with Gasteiger partial charge in [-0.1, -0.05) is 19.1 Å². The van der Waals surface area contributed by atoms with Crippen molar-refractivity contribution in [3.63, 3.8) is 0 Å². The third-order valence-corrected chi connectivity index (χ3v) is 2.33. The first-order valence-electron chi connectivity index (χ1n) is 5.05. The quantitative estimate of drug-likeness (QED) is 0.633. The van der Waals surface area contributed by atoms with Crippen molar-refractivity contribution in [1.29, 1.82) is 0 Å². The van der Waals surface area contributed by atoms with Crippen molar-refractivity contribution in [3.8, 4) is 5.69 Å². The Morgan fingerprint density at radius 2 is 2.18 bits per heavy atom. The molecule has 0 radical (unpaired) electrons. The molecule has 0 fully saturated rings. The van der Waals surface area contributed by atoms with E-state index in [0.29, 0.717) is 17.9 Å². The van der Waals surface area contributed by atoms with Crippen molar-refractivity contribution < 1.29 is 4.92 Å². The fourth-order valence-electron chi connectivity index (χ4n) is 1.60. The maximum atomic E-state index is 11.2. The molecule has 0 bridgehead atoms. The molecule has 0 aliphatic rings. The second-order valence-corrected chi connectivity index (χ2v) is 3.38. The van der Waals surface area contributed by atoms with Gasteiger partial charge in [-0.05, 0) is 6.07 Å². The van der Waals surface area contributed by atoms with E-state index in [0.717, 1.165) is 0 Å². The maximum absolute atomic E-state index is 11.2. The second kappa shape index (κ2) is 4.20. The topological polar surface area (TPSA) is 93.8 Å². The highest BCUT2D eigenvalue weighted by molar-refractivity contribution is 5.51. The summed E-state index contributed by atoms with van der Waals surface area (Å²) in [4.78, 5) is 25.3. The van der Waals surface area contributed by atoms with Crippen molar-refractivity contribution in [2.45, 2.75) is 13.3 Å². The number of nitrogens with one attached hydrogen (secondary N) is 1. The number of hydrogen-bond donors (Lipinski definition) is 1. The number of nitro groups is 1. The summed E-state index contributed by atoms with van der Waals surface area (Å²) in [7, 11) is 0. The van der Waals surface area contributed by atoms with E-state index >= 15 is 0 Å². The van der Waals surface area contributed by atoms with Crippen LogP contribution >= 0.6 is 0 Å². The lowest BCUT2D eigenvalue weighted by molar-refractivity contribution is -0.384. The number of hydrogen-bond acceptors (Lipinski definition) is 4. The lowest BCUT2D eigenvalue weighted by Gasteiger charge is -2.05. The number of aromatic nitrogens is 3. The van der Waals surface area contributed by atoms with Crippen LogP contribution in [0, 0.1) is 10.1 Å². The summed E-state index contributed by atoms with van der Waals surface area (Å²) in [5.41, 5.74) is -0.278. The van der Waals surface area contributed by atoms with Crippen LogP contribution in [0.15, 0.2) is 29.1 Å². The van der Waals surface area contributed by atoms with Gasteiger partial charge in [-0.3, -0.25) is 10.1 Å². The summed E-state index contributed by atoms with van der Waals surface area (Å²) in [6, 6.07) is 6.18. The summed E-state index contributed by atoms with van der Waals surface area (Å²) in [5.74, 6) is 0.462. The summed E-state index contributed by atoms with van der Waals surface area (Å²) >= 11 is 0. The predicted octanol–water partition coefficient (Wildman–Crippen LogP) is 1.03. The van der Waals surface area contributed by atoms with Gasteiger partial charge >= 0.3 is 5.69 Å². The molecule has 1 aromatic carbocycles. The number of rotatable bonds is 3. The van der Waals surface area contributed by atoms with Gasteiger partial charge in [0, 0.05) is 12.5 Å². The van der Waals surface area contributed by atoms with Crippen molar-refractivity contribution in [1.82, 2.24) is 14.8 Å². The Labute approximate surface area is 95.9 Å². The van der Waals surface area contributed by atoms with Crippen LogP contribution < -0.4 is 5.69 Å². The molecular formula is C10H10N4O3. The molecule has 2 aromatic rings. The normalized spacial score (nSPS) is 10.4. The molecule has 0 amide bonds. The number of nitro benzene ring substituents is 1. The molecule has 88 valence electrons. The molecule has 17 heavy (non-hydrogen) atoms. The van der Waals surface area contributed by atoms with E-state index in [-0.39, 0.29) is 5.69 Å². The minimum absolute atomic E-state index is 0.0733. The first kappa shape index (κ1) is 11.1. The Bertz CT molecular complexity index is 614. The standard InChI is InChI=1S/C10H10N4O3/c1-2-9-11-10(15)12-13(9)7-5-3-4-6-8(7)14(16)17/h3-6H,2H2,1H3,(H,12,15). The zero-order valence-electron chi connectivity index (χ0n) is 9.08. The molecule has 0 unspecified atom stereocenters. The monoisotopic (exact) mass is 234 g/mol. The Balaban J connectivity index is 2.67. The van der Waals surface area contributed by atoms with Crippen LogP contribution in [-0.2, 0) is 6.42 Å². The van der Waals surface area contributed by atoms with E-state index < -0.39 is 10.6 Å². The van der Waals surface area contributed by atoms with Crippen molar-refractivity contribution >= 4 is 5.69 Å². The number of nitrogens with zero attached hydrogens (tertiary/aromatic N) is 3. The fourth-order valence-corrected chi connectivity index (χ4v) is 1.60. The molecule has 0 aliphatic carbocycles. The van der Waals surface area contributed by atoms with Gasteiger partial charge in [-0.25, -0.2) is 14.6 Å². The van der Waals surface area contributed by atoms with Crippen LogP contribution in [0.4, 0.5) is 5.69 Å². The third-order valence-electron chi connectivity index (χ3n) is 2.33. The predicted molar refractivity (Wildman–Crippen MR) is 60.2 cm³/mol. The van der Waals surface area contributed by atoms with Gasteiger partial charge in [0.05, 0.1) is 4.92 Å². The summed E-state index contributed by atoms with van der Waals surface area (Å²) in [5, 5.41) is 13.3. The van der Waals surface area contributed by atoms with Gasteiger partial charge in [0.15, 0.2) is 0 Å². The highest BCUT2D eigenvalue weighted by atomic mass is 16.6. The molecule has 0 atom stereocenters. The Morgan fingerprint density at radius 1 is 1.47 bits per heavy atom. The summed E-state index contributed by atoms with van der Waals surface area (Å²) < 4.78 is 1.35. The summed E-state index contributed by atoms with van der Waals surface area (Å²) in [6.07, 6.45) is 0.505. The number of benzene rings is 1. The number of aryl methyl sites for hydroxylation is 1. The van der Waals surface area contributed by atoms with Crippen LogP contribution in [0.3, 0.4) is 0 Å². The summed E-state index contributed by atoms with van der Waals surface area (Å²) in [6.45, 7) is 1.82. The average molecular weight is 234 g/mol. The molecule has 1 heterocycles. The van der Waals surface area contributed by atoms with Gasteiger partial charge in [0.2, 0.25) is 0 Å². The van der Waals surface area contributed by atoms with E-state index in [9.17, 15) is 14.9 Å². The highest BCUT2D eigenvalue weighted by Crippen LogP contribution is 2.21. The lowest BCUT2D eigenvalue weighted by atomic mass is 10.2. The zero-order chi connectivity index (χ0) is 12.4. The Hall–Kier alpha value is -2.44. The lowest BCUT2D eigenvalue weighted by Crippen LogP contribution is -2.07. The molecule has 0 spiro atoms. The third kappa shape index (κ3) is 1.94. The first-order valence-corrected chi connectivity index (χ1v) is 5.05. The SMILES string of the molecule is CCc1nc(=O)[nH]n1-c1ccccc1[N+](=O)[O-]. The van der Waals surface area contributed by atoms with E-state index in [1.165, 1.54) is 10.7 Å². The smallest absolute Gasteiger partial charge is 0.258 e. The van der Waals surface area contributed by atoms with Gasteiger partial charge in [0.25, 0.3) is 5.69 Å². The molecule has 7 heteroatoms. The van der Waals surface area contributed by atoms with Crippen LogP contribution in [0.1, 0.15) is 12.7 Å². The molecule has 0 aliphatic heterocycles. The van der Waals surface area contributed by atoms with Crippen molar-refractivity contribution in [3.05, 3.63) is 50.7 Å². The molecule has 0 saturated heterocycles. The van der Waals surface area contributed by atoms with Crippen LogP contribution in [0.25, 0.3) is 5.69 Å². The van der Waals surface area contributed by atoms with E-state index in [4.69, 9.17) is 0 Å². The number of H-pyrrole nitrogens is 1. The molecule has 2 rings (SSSR count). The minimum Gasteiger partial charge on any atom is -0.258 e. The van der Waals surface area contributed by atoms with Gasteiger partial charge < -0.3 is 0 Å². The molecule has 1 aromatic heterocycles. The fraction of sp³-hybridized carbons (Fsp3) is 0.200. The maximum Gasteiger partial charge on any atom is 0.361 e. The second-order valence-electron chi connectivity index (χ2n) is 3.38. The Morgan fingerprint density at radius 3 is 2.82 bits per heavy atom. The number of para-hydroxylation sites is 2. The van der Waals surface area contributed by atoms with Crippen LogP contribution in [0.5, 0.6) is 0 Å². The largest absolute Gasteiger partial charge is 0.361 e. The molecule has 1 N–H and O–H groups in total. The van der Waals surface area contributed by atoms with Gasteiger partial charge in [-0.2, -0.15) is 4.98 Å². The Kier molecular flexibility index (Phi) is 2.73. The number of aromatic amines is 1. The zero-order valence-corrected chi connectivity index (χ0v) is 9.08. The first-order chi connectivity index (χ1) is 8.13. The van der Waals surface area contributed by atoms with Crippen LogP contribution in [-0.4, -0.2) is 19.7 Å². The minimum atomic E-state index is -0.514. The van der Waals surface area contributed by atoms with Gasteiger partial charge in [0.1, 0.15) is 11.5 Å². The van der Waals surface area contributed by atoms with E-state index in [2.05, 4.69) is 10.1 Å². The highest BCUT2D eigenvalue weighted by Gasteiger charge is 2.17. The van der Waals surface area contributed by atoms with Crippen LogP contribution in [0.2, 0.25) is 0 Å². The average Bonchev–Trinajstić information content (AvgIpc) is 2.70.